The molecule has 0 aromatic rings. The van der Waals surface area contributed by atoms with Gasteiger partial charge in [0.15, 0.2) is 0 Å². The molecule has 9 heteroatoms. The Morgan fingerprint density at radius 2 is 1.92 bits per heavy atom. The SMILES string of the molecule is Cl.Cl.NC1CCCC(C(=O)NC2CC(=O)N(CCN3CCOCC3)C2)C1. The Hall–Kier alpha value is -0.600. The van der Waals surface area contributed by atoms with Crippen LogP contribution in [0.15, 0.2) is 0 Å². The summed E-state index contributed by atoms with van der Waals surface area (Å²) in [4.78, 5) is 28.8. The Labute approximate surface area is 168 Å². The summed E-state index contributed by atoms with van der Waals surface area (Å²) < 4.78 is 5.34. The van der Waals surface area contributed by atoms with Crippen LogP contribution in [0.2, 0.25) is 0 Å². The average molecular weight is 411 g/mol. The summed E-state index contributed by atoms with van der Waals surface area (Å²) in [6, 6.07) is 0.0950. The minimum Gasteiger partial charge on any atom is -0.379 e. The number of ether oxygens (including phenoxy) is 1. The minimum atomic E-state index is -0.0483. The van der Waals surface area contributed by atoms with Gasteiger partial charge in [0.05, 0.1) is 19.3 Å². The van der Waals surface area contributed by atoms with Gasteiger partial charge < -0.3 is 20.7 Å². The van der Waals surface area contributed by atoms with Gasteiger partial charge in [-0.25, -0.2) is 0 Å². The van der Waals surface area contributed by atoms with E-state index in [1.165, 1.54) is 0 Å². The van der Waals surface area contributed by atoms with Crippen LogP contribution < -0.4 is 11.1 Å². The van der Waals surface area contributed by atoms with Crippen molar-refractivity contribution in [1.82, 2.24) is 15.1 Å². The summed E-state index contributed by atoms with van der Waals surface area (Å²) in [5.41, 5.74) is 5.97. The second kappa shape index (κ2) is 11.3. The molecule has 3 aliphatic rings. The third kappa shape index (κ3) is 6.53. The molecule has 0 aromatic heterocycles. The smallest absolute Gasteiger partial charge is 0.224 e. The van der Waals surface area contributed by atoms with E-state index >= 15 is 0 Å². The molecule has 2 aliphatic heterocycles. The zero-order chi connectivity index (χ0) is 16.9. The maximum absolute atomic E-state index is 12.4. The molecule has 3 unspecified atom stereocenters. The normalized spacial score (nSPS) is 29.7. The van der Waals surface area contributed by atoms with Crippen molar-refractivity contribution < 1.29 is 14.3 Å². The lowest BCUT2D eigenvalue weighted by Gasteiger charge is -2.29. The van der Waals surface area contributed by atoms with E-state index in [0.29, 0.717) is 13.0 Å². The first kappa shape index (κ1) is 23.4. The van der Waals surface area contributed by atoms with Gasteiger partial charge in [-0.2, -0.15) is 0 Å². The fourth-order valence-corrected chi connectivity index (χ4v) is 3.96. The molecule has 152 valence electrons. The quantitative estimate of drug-likeness (QED) is 0.684. The number of carbonyl (C=O) groups is 2. The van der Waals surface area contributed by atoms with Crippen molar-refractivity contribution in [3.8, 4) is 0 Å². The second-order valence-electron chi connectivity index (χ2n) is 7.33. The molecular formula is C17H32Cl2N4O3. The Kier molecular flexibility index (Phi) is 10.2. The van der Waals surface area contributed by atoms with Gasteiger partial charge in [0, 0.05) is 51.1 Å². The van der Waals surface area contributed by atoms with Gasteiger partial charge in [-0.3, -0.25) is 14.5 Å². The van der Waals surface area contributed by atoms with E-state index < -0.39 is 0 Å². The standard InChI is InChI=1S/C17H30N4O3.2ClH/c18-14-3-1-2-13(10-14)17(23)19-15-11-16(22)21(12-15)5-4-20-6-8-24-9-7-20;;/h13-15H,1-12,18H2,(H,19,23);2*1H. The number of hydrogen-bond donors (Lipinski definition) is 2. The number of hydrogen-bond acceptors (Lipinski definition) is 5. The van der Waals surface area contributed by atoms with E-state index in [1.54, 1.807) is 0 Å². The molecule has 0 bridgehead atoms. The number of nitrogens with zero attached hydrogens (tertiary/aromatic N) is 2. The summed E-state index contributed by atoms with van der Waals surface area (Å²) in [6.45, 7) is 5.67. The summed E-state index contributed by atoms with van der Waals surface area (Å²) in [6.07, 6.45) is 4.15. The van der Waals surface area contributed by atoms with Crippen LogP contribution in [0.4, 0.5) is 0 Å². The van der Waals surface area contributed by atoms with Crippen LogP contribution >= 0.6 is 24.8 Å². The topological polar surface area (TPSA) is 87.9 Å². The molecule has 2 amide bonds. The molecule has 0 radical (unpaired) electrons. The molecule has 3 N–H and O–H groups in total. The first-order chi connectivity index (χ1) is 11.6. The highest BCUT2D eigenvalue weighted by atomic mass is 35.5. The Morgan fingerprint density at radius 3 is 2.62 bits per heavy atom. The lowest BCUT2D eigenvalue weighted by molar-refractivity contribution is -0.128. The first-order valence-electron chi connectivity index (χ1n) is 9.25. The van der Waals surface area contributed by atoms with Crippen LogP contribution in [0, 0.1) is 5.92 Å². The molecule has 3 rings (SSSR count). The van der Waals surface area contributed by atoms with E-state index in [0.717, 1.165) is 65.1 Å². The maximum atomic E-state index is 12.4. The number of morpholine rings is 1. The number of likely N-dealkylation sites (tertiary alicyclic amines) is 1. The molecule has 3 fully saturated rings. The Morgan fingerprint density at radius 1 is 1.19 bits per heavy atom. The number of rotatable bonds is 5. The summed E-state index contributed by atoms with van der Waals surface area (Å²) >= 11 is 0. The Bertz CT molecular complexity index is 463. The van der Waals surface area contributed by atoms with Gasteiger partial charge in [-0.05, 0) is 19.3 Å². The fourth-order valence-electron chi connectivity index (χ4n) is 3.96. The predicted octanol–water partition coefficient (Wildman–Crippen LogP) is 0.397. The van der Waals surface area contributed by atoms with Crippen molar-refractivity contribution in [1.29, 1.82) is 0 Å². The molecule has 0 spiro atoms. The number of carbonyl (C=O) groups excluding carboxylic acids is 2. The lowest BCUT2D eigenvalue weighted by atomic mass is 9.85. The molecule has 3 atom stereocenters. The van der Waals surface area contributed by atoms with Crippen LogP contribution in [0.5, 0.6) is 0 Å². The fraction of sp³-hybridized carbons (Fsp3) is 0.882. The van der Waals surface area contributed by atoms with Gasteiger partial charge in [-0.15, -0.1) is 24.8 Å². The largest absolute Gasteiger partial charge is 0.379 e. The summed E-state index contributed by atoms with van der Waals surface area (Å²) in [5.74, 6) is 0.248. The van der Waals surface area contributed by atoms with Crippen molar-refractivity contribution >= 4 is 36.6 Å². The average Bonchev–Trinajstić information content (AvgIpc) is 2.93. The predicted molar refractivity (Wildman–Crippen MR) is 105 cm³/mol. The van der Waals surface area contributed by atoms with Crippen LogP contribution in [-0.2, 0) is 14.3 Å². The van der Waals surface area contributed by atoms with E-state index in [9.17, 15) is 9.59 Å². The van der Waals surface area contributed by atoms with Crippen LogP contribution in [0.25, 0.3) is 0 Å². The van der Waals surface area contributed by atoms with Crippen LogP contribution in [0.1, 0.15) is 32.1 Å². The van der Waals surface area contributed by atoms with E-state index in [4.69, 9.17) is 10.5 Å². The molecule has 2 heterocycles. The van der Waals surface area contributed by atoms with E-state index in [2.05, 4.69) is 10.2 Å². The van der Waals surface area contributed by atoms with Crippen molar-refractivity contribution in [2.75, 3.05) is 45.9 Å². The molecule has 0 aromatic carbocycles. The molecule has 26 heavy (non-hydrogen) atoms. The maximum Gasteiger partial charge on any atom is 0.224 e. The second-order valence-corrected chi connectivity index (χ2v) is 7.33. The van der Waals surface area contributed by atoms with Gasteiger partial charge >= 0.3 is 0 Å². The van der Waals surface area contributed by atoms with Gasteiger partial charge in [0.2, 0.25) is 11.8 Å². The lowest BCUT2D eigenvalue weighted by Crippen LogP contribution is -2.44. The monoisotopic (exact) mass is 410 g/mol. The number of amides is 2. The zero-order valence-corrected chi connectivity index (χ0v) is 16.9. The Balaban J connectivity index is 0.00000169. The van der Waals surface area contributed by atoms with Crippen molar-refractivity contribution in [2.24, 2.45) is 11.7 Å². The van der Waals surface area contributed by atoms with Crippen LogP contribution in [0.3, 0.4) is 0 Å². The van der Waals surface area contributed by atoms with Crippen LogP contribution in [-0.4, -0.2) is 79.6 Å². The highest BCUT2D eigenvalue weighted by Gasteiger charge is 2.33. The number of nitrogens with one attached hydrogen (secondary N) is 1. The highest BCUT2D eigenvalue weighted by molar-refractivity contribution is 5.85. The molecular weight excluding hydrogens is 379 g/mol. The van der Waals surface area contributed by atoms with Crippen molar-refractivity contribution in [3.63, 3.8) is 0 Å². The molecule has 7 nitrogen and oxygen atoms in total. The molecule has 2 saturated heterocycles. The third-order valence-corrected chi connectivity index (χ3v) is 5.44. The first-order valence-corrected chi connectivity index (χ1v) is 9.25. The summed E-state index contributed by atoms with van der Waals surface area (Å²) in [7, 11) is 0. The van der Waals surface area contributed by atoms with Crippen molar-refractivity contribution in [3.05, 3.63) is 0 Å². The number of halogens is 2. The van der Waals surface area contributed by atoms with Gasteiger partial charge in [-0.1, -0.05) is 6.42 Å². The minimum absolute atomic E-state index is 0. The molecule has 1 saturated carbocycles. The number of nitrogens with two attached hydrogens (primary N) is 1. The van der Waals surface area contributed by atoms with Gasteiger partial charge in [0.25, 0.3) is 0 Å². The zero-order valence-electron chi connectivity index (χ0n) is 15.2. The third-order valence-electron chi connectivity index (χ3n) is 5.44. The molecule has 1 aliphatic carbocycles. The van der Waals surface area contributed by atoms with E-state index in [-0.39, 0.29) is 54.6 Å². The van der Waals surface area contributed by atoms with Crippen molar-refractivity contribution in [2.45, 2.75) is 44.2 Å². The van der Waals surface area contributed by atoms with E-state index in [1.807, 2.05) is 4.90 Å². The summed E-state index contributed by atoms with van der Waals surface area (Å²) in [5, 5.41) is 3.08. The highest BCUT2D eigenvalue weighted by Crippen LogP contribution is 2.24. The van der Waals surface area contributed by atoms with Gasteiger partial charge in [0.1, 0.15) is 0 Å².